The topological polar surface area (TPSA) is 55.3 Å². The lowest BCUT2D eigenvalue weighted by Crippen LogP contribution is -2.34. The molecular formula is C13H17N3O. The van der Waals surface area contributed by atoms with E-state index in [-0.39, 0.29) is 0 Å². The molecule has 1 aliphatic rings. The quantitative estimate of drug-likeness (QED) is 0.874. The van der Waals surface area contributed by atoms with Gasteiger partial charge in [0.05, 0.1) is 6.54 Å². The lowest BCUT2D eigenvalue weighted by Gasteiger charge is -2.20. The predicted molar refractivity (Wildman–Crippen MR) is 66.5 cm³/mol. The third-order valence-corrected chi connectivity index (χ3v) is 3.45. The van der Waals surface area contributed by atoms with Crippen molar-refractivity contribution in [3.63, 3.8) is 0 Å². The third kappa shape index (κ3) is 2.06. The summed E-state index contributed by atoms with van der Waals surface area (Å²) in [4.78, 5) is 6.86. The zero-order valence-corrected chi connectivity index (χ0v) is 9.80. The highest BCUT2D eigenvalue weighted by Crippen LogP contribution is 2.21. The van der Waals surface area contributed by atoms with Gasteiger partial charge in [-0.25, -0.2) is 4.98 Å². The van der Waals surface area contributed by atoms with E-state index in [9.17, 15) is 0 Å². The maximum Gasteiger partial charge on any atom is 0.209 e. The highest BCUT2D eigenvalue weighted by molar-refractivity contribution is 5.72. The van der Waals surface area contributed by atoms with Crippen molar-refractivity contribution < 1.29 is 4.42 Å². The normalized spacial score (nSPS) is 21.4. The summed E-state index contributed by atoms with van der Waals surface area (Å²) in [5.41, 5.74) is 7.56. The van der Waals surface area contributed by atoms with Gasteiger partial charge in [-0.05, 0) is 31.5 Å². The Morgan fingerprint density at radius 3 is 3.12 bits per heavy atom. The first kappa shape index (κ1) is 10.7. The molecule has 1 aromatic carbocycles. The SMILES string of the molecule is NCC1CCCN1Cc1nc2ccccc2o1. The number of likely N-dealkylation sites (tertiary alicyclic amines) is 1. The first-order valence-electron chi connectivity index (χ1n) is 6.15. The summed E-state index contributed by atoms with van der Waals surface area (Å²) < 4.78 is 5.73. The van der Waals surface area contributed by atoms with Crippen molar-refractivity contribution in [2.75, 3.05) is 13.1 Å². The molecule has 1 aromatic heterocycles. The maximum atomic E-state index is 5.76. The van der Waals surface area contributed by atoms with Crippen molar-refractivity contribution in [2.45, 2.75) is 25.4 Å². The van der Waals surface area contributed by atoms with Crippen molar-refractivity contribution in [1.82, 2.24) is 9.88 Å². The van der Waals surface area contributed by atoms with Crippen LogP contribution in [0.3, 0.4) is 0 Å². The summed E-state index contributed by atoms with van der Waals surface area (Å²) >= 11 is 0. The van der Waals surface area contributed by atoms with Gasteiger partial charge in [0.15, 0.2) is 5.58 Å². The highest BCUT2D eigenvalue weighted by atomic mass is 16.3. The van der Waals surface area contributed by atoms with E-state index in [1.807, 2.05) is 24.3 Å². The van der Waals surface area contributed by atoms with Gasteiger partial charge in [0.25, 0.3) is 0 Å². The van der Waals surface area contributed by atoms with Gasteiger partial charge >= 0.3 is 0 Å². The number of hydrogen-bond donors (Lipinski definition) is 1. The maximum absolute atomic E-state index is 5.76. The summed E-state index contributed by atoms with van der Waals surface area (Å²) in [6.07, 6.45) is 2.42. The van der Waals surface area contributed by atoms with Gasteiger partial charge in [0.1, 0.15) is 5.52 Å². The molecule has 1 fully saturated rings. The number of hydrogen-bond acceptors (Lipinski definition) is 4. The first-order chi connectivity index (χ1) is 8.36. The van der Waals surface area contributed by atoms with Crippen molar-refractivity contribution in [3.05, 3.63) is 30.2 Å². The van der Waals surface area contributed by atoms with Crippen LogP contribution in [0.2, 0.25) is 0 Å². The Bertz CT molecular complexity index is 475. The van der Waals surface area contributed by atoms with E-state index in [0.29, 0.717) is 6.04 Å². The number of fused-ring (bicyclic) bond motifs is 1. The first-order valence-corrected chi connectivity index (χ1v) is 6.15. The van der Waals surface area contributed by atoms with Crippen LogP contribution in [0.15, 0.2) is 28.7 Å². The highest BCUT2D eigenvalue weighted by Gasteiger charge is 2.24. The summed E-state index contributed by atoms with van der Waals surface area (Å²) in [7, 11) is 0. The molecule has 2 aromatic rings. The van der Waals surface area contributed by atoms with E-state index in [4.69, 9.17) is 10.2 Å². The van der Waals surface area contributed by atoms with Crippen LogP contribution in [0.25, 0.3) is 11.1 Å². The average molecular weight is 231 g/mol. The second-order valence-electron chi connectivity index (χ2n) is 4.58. The molecular weight excluding hydrogens is 214 g/mol. The van der Waals surface area contributed by atoms with Crippen LogP contribution in [0.1, 0.15) is 18.7 Å². The molecule has 0 bridgehead atoms. The Hall–Kier alpha value is -1.39. The molecule has 0 saturated carbocycles. The molecule has 4 heteroatoms. The molecule has 0 spiro atoms. The van der Waals surface area contributed by atoms with E-state index >= 15 is 0 Å². The van der Waals surface area contributed by atoms with Crippen LogP contribution < -0.4 is 5.73 Å². The van der Waals surface area contributed by atoms with Gasteiger partial charge in [-0.15, -0.1) is 0 Å². The Morgan fingerprint density at radius 1 is 1.41 bits per heavy atom. The van der Waals surface area contributed by atoms with Crippen LogP contribution in [-0.4, -0.2) is 29.0 Å². The van der Waals surface area contributed by atoms with Crippen molar-refractivity contribution in [1.29, 1.82) is 0 Å². The molecule has 4 nitrogen and oxygen atoms in total. The third-order valence-electron chi connectivity index (χ3n) is 3.45. The molecule has 90 valence electrons. The summed E-state index contributed by atoms with van der Waals surface area (Å²) in [5.74, 6) is 0.798. The van der Waals surface area contributed by atoms with Crippen molar-refractivity contribution in [2.24, 2.45) is 5.73 Å². The van der Waals surface area contributed by atoms with E-state index in [1.54, 1.807) is 0 Å². The zero-order chi connectivity index (χ0) is 11.7. The van der Waals surface area contributed by atoms with Crippen LogP contribution in [0, 0.1) is 0 Å². The lowest BCUT2D eigenvalue weighted by atomic mass is 10.2. The number of aromatic nitrogens is 1. The molecule has 17 heavy (non-hydrogen) atoms. The van der Waals surface area contributed by atoms with Gasteiger partial charge in [-0.1, -0.05) is 12.1 Å². The molecule has 1 atom stereocenters. The van der Waals surface area contributed by atoms with Gasteiger partial charge < -0.3 is 10.2 Å². The number of benzene rings is 1. The van der Waals surface area contributed by atoms with Crippen LogP contribution in [-0.2, 0) is 6.54 Å². The predicted octanol–water partition coefficient (Wildman–Crippen LogP) is 1.75. The fraction of sp³-hybridized carbons (Fsp3) is 0.462. The molecule has 1 saturated heterocycles. The number of nitrogens with two attached hydrogens (primary N) is 1. The van der Waals surface area contributed by atoms with Crippen LogP contribution >= 0.6 is 0 Å². The van der Waals surface area contributed by atoms with Gasteiger partial charge in [-0.2, -0.15) is 0 Å². The fourth-order valence-corrected chi connectivity index (χ4v) is 2.53. The van der Waals surface area contributed by atoms with Gasteiger partial charge in [0, 0.05) is 12.6 Å². The zero-order valence-electron chi connectivity index (χ0n) is 9.80. The Morgan fingerprint density at radius 2 is 2.29 bits per heavy atom. The molecule has 3 rings (SSSR count). The van der Waals surface area contributed by atoms with Crippen molar-refractivity contribution >= 4 is 11.1 Å². The average Bonchev–Trinajstić information content (AvgIpc) is 2.94. The van der Waals surface area contributed by atoms with E-state index < -0.39 is 0 Å². The fourth-order valence-electron chi connectivity index (χ4n) is 2.53. The number of nitrogens with zero attached hydrogens (tertiary/aromatic N) is 2. The van der Waals surface area contributed by atoms with Crippen LogP contribution in [0.5, 0.6) is 0 Å². The van der Waals surface area contributed by atoms with Gasteiger partial charge in [0.2, 0.25) is 5.89 Å². The molecule has 1 aliphatic heterocycles. The minimum Gasteiger partial charge on any atom is -0.439 e. The van der Waals surface area contributed by atoms with Crippen LogP contribution in [0.4, 0.5) is 0 Å². The van der Waals surface area contributed by atoms with Gasteiger partial charge in [-0.3, -0.25) is 4.90 Å². The minimum absolute atomic E-state index is 0.491. The molecule has 1 unspecified atom stereocenters. The monoisotopic (exact) mass is 231 g/mol. The van der Waals surface area contributed by atoms with E-state index in [2.05, 4.69) is 9.88 Å². The minimum atomic E-state index is 0.491. The smallest absolute Gasteiger partial charge is 0.209 e. The Balaban J connectivity index is 1.80. The molecule has 0 aliphatic carbocycles. The number of rotatable bonds is 3. The Kier molecular flexibility index (Phi) is 2.82. The number of oxazole rings is 1. The summed E-state index contributed by atoms with van der Waals surface area (Å²) in [6.45, 7) is 2.59. The lowest BCUT2D eigenvalue weighted by molar-refractivity contribution is 0.228. The summed E-state index contributed by atoms with van der Waals surface area (Å²) in [5, 5.41) is 0. The van der Waals surface area contributed by atoms with E-state index in [0.717, 1.165) is 36.6 Å². The molecule has 2 N–H and O–H groups in total. The second-order valence-corrected chi connectivity index (χ2v) is 4.58. The summed E-state index contributed by atoms with van der Waals surface area (Å²) in [6, 6.07) is 8.37. The number of para-hydroxylation sites is 2. The largest absolute Gasteiger partial charge is 0.439 e. The molecule has 2 heterocycles. The standard InChI is InChI=1S/C13H17N3O/c14-8-10-4-3-7-16(10)9-13-15-11-5-1-2-6-12(11)17-13/h1-2,5-6,10H,3-4,7-9,14H2. The second kappa shape index (κ2) is 4.47. The Labute approximate surface area is 100 Å². The molecule has 0 radical (unpaired) electrons. The molecule has 0 amide bonds. The van der Waals surface area contributed by atoms with E-state index in [1.165, 1.54) is 12.8 Å². The van der Waals surface area contributed by atoms with Crippen molar-refractivity contribution in [3.8, 4) is 0 Å².